The Hall–Kier alpha value is -3.84. The molecule has 0 amide bonds. The van der Waals surface area contributed by atoms with Crippen LogP contribution in [-0.4, -0.2) is 34.2 Å². The number of pyridine rings is 1. The lowest BCUT2D eigenvalue weighted by Crippen LogP contribution is -2.47. The summed E-state index contributed by atoms with van der Waals surface area (Å²) < 4.78 is 15.9. The molecule has 1 N–H and O–H groups in total. The van der Waals surface area contributed by atoms with E-state index in [1.54, 1.807) is 13.1 Å². The SMILES string of the molecule is CCC(C)(C)c1ccc(-c2ccc([C@H]3CN(c4nc(-c5ccncc5F)cc(=O)n4C)CCN3)cc2)cc1. The Morgan fingerprint density at radius 1 is 1.05 bits per heavy atom. The molecular formula is C31H34FN5O. The Bertz CT molecular complexity index is 1480. The lowest BCUT2D eigenvalue weighted by molar-refractivity contribution is 0.462. The monoisotopic (exact) mass is 511 g/mol. The smallest absolute Gasteiger partial charge is 0.255 e. The minimum absolute atomic E-state index is 0.0729. The molecule has 0 spiro atoms. The van der Waals surface area contributed by atoms with Crippen molar-refractivity contribution in [2.24, 2.45) is 7.05 Å². The highest BCUT2D eigenvalue weighted by Crippen LogP contribution is 2.30. The fourth-order valence-electron chi connectivity index (χ4n) is 4.91. The van der Waals surface area contributed by atoms with Gasteiger partial charge in [0.25, 0.3) is 5.56 Å². The van der Waals surface area contributed by atoms with Crippen LogP contribution >= 0.6 is 0 Å². The van der Waals surface area contributed by atoms with Gasteiger partial charge in [0.15, 0.2) is 5.82 Å². The van der Waals surface area contributed by atoms with Gasteiger partial charge >= 0.3 is 0 Å². The molecule has 7 heteroatoms. The standard InChI is InChI=1S/C31H34FN5O/c1-5-31(2,3)24-12-10-22(11-13-24)21-6-8-23(9-7-21)28-20-37(17-16-34-28)30-35-27(18-29(38)36(30)4)25-14-15-33-19-26(25)32/h6-15,18-19,28,34H,5,16-17,20H2,1-4H3/t28-/m1/s1. The number of rotatable bonds is 6. The summed E-state index contributed by atoms with van der Waals surface area (Å²) in [7, 11) is 1.70. The van der Waals surface area contributed by atoms with Crippen molar-refractivity contribution in [1.29, 1.82) is 0 Å². The fourth-order valence-corrected chi connectivity index (χ4v) is 4.91. The molecular weight excluding hydrogens is 477 g/mol. The molecule has 2 aromatic carbocycles. The number of benzene rings is 2. The van der Waals surface area contributed by atoms with E-state index in [9.17, 15) is 9.18 Å². The average molecular weight is 512 g/mol. The maximum atomic E-state index is 14.4. The van der Waals surface area contributed by atoms with Crippen molar-refractivity contribution >= 4 is 5.95 Å². The predicted molar refractivity (Wildman–Crippen MR) is 151 cm³/mol. The van der Waals surface area contributed by atoms with E-state index >= 15 is 0 Å². The Morgan fingerprint density at radius 2 is 1.74 bits per heavy atom. The van der Waals surface area contributed by atoms with Gasteiger partial charge in [-0.2, -0.15) is 0 Å². The van der Waals surface area contributed by atoms with Gasteiger partial charge in [0, 0.05) is 50.6 Å². The molecule has 2 aromatic heterocycles. The third-order valence-corrected chi connectivity index (χ3v) is 7.81. The van der Waals surface area contributed by atoms with Crippen LogP contribution in [0.2, 0.25) is 0 Å². The van der Waals surface area contributed by atoms with Crippen molar-refractivity contribution < 1.29 is 4.39 Å². The zero-order valence-corrected chi connectivity index (χ0v) is 22.4. The van der Waals surface area contributed by atoms with Crippen molar-refractivity contribution in [2.45, 2.75) is 38.6 Å². The number of nitrogens with one attached hydrogen (secondary N) is 1. The molecule has 0 unspecified atom stereocenters. The minimum Gasteiger partial charge on any atom is -0.339 e. The van der Waals surface area contributed by atoms with Crippen molar-refractivity contribution in [3.05, 3.63) is 100 Å². The highest BCUT2D eigenvalue weighted by Gasteiger charge is 2.25. The van der Waals surface area contributed by atoms with Crippen LogP contribution in [-0.2, 0) is 12.5 Å². The predicted octanol–water partition coefficient (Wildman–Crippen LogP) is 5.49. The molecule has 0 bridgehead atoms. The van der Waals surface area contributed by atoms with Gasteiger partial charge in [0.1, 0.15) is 0 Å². The summed E-state index contributed by atoms with van der Waals surface area (Å²) in [5.74, 6) is 0.0307. The van der Waals surface area contributed by atoms with Crippen LogP contribution in [0.4, 0.5) is 10.3 Å². The lowest BCUT2D eigenvalue weighted by atomic mass is 9.82. The number of piperazine rings is 1. The molecule has 1 aliphatic heterocycles. The first-order valence-electron chi connectivity index (χ1n) is 13.1. The molecule has 38 heavy (non-hydrogen) atoms. The highest BCUT2D eigenvalue weighted by molar-refractivity contribution is 5.64. The minimum atomic E-state index is -0.499. The molecule has 3 heterocycles. The number of anilines is 1. The normalized spacial score (nSPS) is 16.0. The molecule has 6 nitrogen and oxygen atoms in total. The van der Waals surface area contributed by atoms with Crippen molar-refractivity contribution in [3.8, 4) is 22.4 Å². The van der Waals surface area contributed by atoms with Crippen LogP contribution < -0.4 is 15.8 Å². The van der Waals surface area contributed by atoms with Gasteiger partial charge in [-0.25, -0.2) is 9.37 Å². The van der Waals surface area contributed by atoms with E-state index in [2.05, 4.69) is 84.5 Å². The summed E-state index contributed by atoms with van der Waals surface area (Å²) in [6.07, 6.45) is 3.74. The largest absolute Gasteiger partial charge is 0.339 e. The van der Waals surface area contributed by atoms with Crippen molar-refractivity contribution in [2.75, 3.05) is 24.5 Å². The first-order valence-corrected chi connectivity index (χ1v) is 13.1. The highest BCUT2D eigenvalue weighted by atomic mass is 19.1. The molecule has 0 aliphatic carbocycles. The van der Waals surface area contributed by atoms with E-state index in [0.29, 0.717) is 24.7 Å². The topological polar surface area (TPSA) is 63.1 Å². The first-order chi connectivity index (χ1) is 18.3. The van der Waals surface area contributed by atoms with Crippen LogP contribution in [0.25, 0.3) is 22.4 Å². The van der Waals surface area contributed by atoms with Crippen LogP contribution in [0.15, 0.2) is 77.9 Å². The summed E-state index contributed by atoms with van der Waals surface area (Å²) in [4.78, 5) is 23.3. The van der Waals surface area contributed by atoms with Gasteiger partial charge in [-0.1, -0.05) is 69.3 Å². The number of halogens is 1. The average Bonchev–Trinajstić information content (AvgIpc) is 2.95. The number of hydrogen-bond donors (Lipinski definition) is 1. The van der Waals surface area contributed by atoms with E-state index < -0.39 is 5.82 Å². The van der Waals surface area contributed by atoms with Crippen LogP contribution in [0.5, 0.6) is 0 Å². The van der Waals surface area contributed by atoms with Gasteiger partial charge < -0.3 is 10.2 Å². The zero-order chi connectivity index (χ0) is 26.9. The van der Waals surface area contributed by atoms with Gasteiger partial charge in [0.2, 0.25) is 5.95 Å². The fraction of sp³-hybridized carbons (Fsp3) is 0.323. The molecule has 1 saturated heterocycles. The third kappa shape index (κ3) is 5.11. The Labute approximate surface area is 223 Å². The van der Waals surface area contributed by atoms with E-state index in [4.69, 9.17) is 4.98 Å². The zero-order valence-electron chi connectivity index (χ0n) is 22.4. The summed E-state index contributed by atoms with van der Waals surface area (Å²) in [6.45, 7) is 8.85. The molecule has 4 aromatic rings. The second kappa shape index (κ2) is 10.5. The van der Waals surface area contributed by atoms with E-state index in [0.717, 1.165) is 19.2 Å². The molecule has 1 aliphatic rings. The molecule has 0 radical (unpaired) electrons. The number of aromatic nitrogens is 3. The van der Waals surface area contributed by atoms with Gasteiger partial charge in [-0.3, -0.25) is 14.3 Å². The van der Waals surface area contributed by atoms with E-state index in [1.165, 1.54) is 39.1 Å². The summed E-state index contributed by atoms with van der Waals surface area (Å²) >= 11 is 0. The summed E-state index contributed by atoms with van der Waals surface area (Å²) in [5, 5.41) is 3.59. The number of hydrogen-bond acceptors (Lipinski definition) is 5. The molecule has 196 valence electrons. The molecule has 0 saturated carbocycles. The Kier molecular flexibility index (Phi) is 7.13. The maximum absolute atomic E-state index is 14.4. The molecule has 5 rings (SSSR count). The van der Waals surface area contributed by atoms with Gasteiger partial charge in [0.05, 0.1) is 11.9 Å². The van der Waals surface area contributed by atoms with Gasteiger partial charge in [-0.05, 0) is 40.2 Å². The number of nitrogens with zero attached hydrogens (tertiary/aromatic N) is 4. The van der Waals surface area contributed by atoms with Crippen LogP contribution in [0.1, 0.15) is 44.4 Å². The quantitative estimate of drug-likeness (QED) is 0.371. The third-order valence-electron chi connectivity index (χ3n) is 7.81. The second-order valence-electron chi connectivity index (χ2n) is 10.6. The van der Waals surface area contributed by atoms with Crippen LogP contribution in [0, 0.1) is 5.82 Å². The second-order valence-corrected chi connectivity index (χ2v) is 10.6. The van der Waals surface area contributed by atoms with E-state index in [-0.39, 0.29) is 22.6 Å². The van der Waals surface area contributed by atoms with E-state index in [1.807, 2.05) is 0 Å². The first kappa shape index (κ1) is 25.8. The molecule has 1 atom stereocenters. The van der Waals surface area contributed by atoms with Gasteiger partial charge in [-0.15, -0.1) is 0 Å². The molecule has 1 fully saturated rings. The van der Waals surface area contributed by atoms with Crippen LogP contribution in [0.3, 0.4) is 0 Å². The lowest BCUT2D eigenvalue weighted by Gasteiger charge is -2.35. The maximum Gasteiger partial charge on any atom is 0.255 e. The summed E-state index contributed by atoms with van der Waals surface area (Å²) in [6, 6.07) is 20.5. The van der Waals surface area contributed by atoms with Crippen molar-refractivity contribution in [3.63, 3.8) is 0 Å². The Morgan fingerprint density at radius 3 is 2.39 bits per heavy atom. The summed E-state index contributed by atoms with van der Waals surface area (Å²) in [5.41, 5.74) is 5.43. The van der Waals surface area contributed by atoms with Crippen molar-refractivity contribution in [1.82, 2.24) is 19.9 Å². The Balaban J connectivity index is 1.36.